The molecule has 0 aromatic carbocycles. The molecule has 0 spiro atoms. The number of hydrogen-bond acceptors (Lipinski definition) is 1. The Hall–Kier alpha value is 0.604. The third-order valence-corrected chi connectivity index (χ3v) is 1.35. The summed E-state index contributed by atoms with van der Waals surface area (Å²) in [5, 5.41) is 0. The van der Waals surface area contributed by atoms with Crippen LogP contribution in [0.15, 0.2) is 0 Å². The quantitative estimate of drug-likeness (QED) is 0.310. The Kier molecular flexibility index (Phi) is 19.5. The maximum absolute atomic E-state index is 8.88. The molecule has 6 heteroatoms. The first-order chi connectivity index (χ1) is 5.91. The zero-order valence-electron chi connectivity index (χ0n) is 8.63. The minimum atomic E-state index is -4.64. The molecule has 0 saturated heterocycles. The van der Waals surface area contributed by atoms with Crippen molar-refractivity contribution in [1.29, 1.82) is 0 Å². The van der Waals surface area contributed by atoms with Crippen LogP contribution in [0.3, 0.4) is 0 Å². The van der Waals surface area contributed by atoms with Gasteiger partial charge >= 0.3 is 7.82 Å². The molecule has 3 N–H and O–H groups in total. The van der Waals surface area contributed by atoms with Crippen LogP contribution in [-0.4, -0.2) is 14.7 Å². The van der Waals surface area contributed by atoms with Gasteiger partial charge in [-0.2, -0.15) is 13.3 Å². The van der Waals surface area contributed by atoms with Gasteiger partial charge < -0.3 is 21.1 Å². The van der Waals surface area contributed by atoms with Gasteiger partial charge in [0.2, 0.25) is 0 Å². The van der Waals surface area contributed by atoms with Crippen LogP contribution in [-0.2, 0) is 21.1 Å². The Bertz CT molecular complexity index is 123. The standard InChI is InChI=1S/C8H17.Ni.H3O4P/c1-3-5-7-8-6-4-2;;1-5(2,3)4/h3H,4-8H2,1-2H3;;(H3,1,2,3,4)/q-1;;. The molecular formula is C8H20NiO4P-. The molecule has 0 aliphatic carbocycles. The van der Waals surface area contributed by atoms with E-state index in [1.54, 1.807) is 0 Å². The monoisotopic (exact) mass is 269 g/mol. The fourth-order valence-corrected chi connectivity index (χ4v) is 0.775. The van der Waals surface area contributed by atoms with Crippen LogP contribution in [0.1, 0.15) is 46.0 Å². The van der Waals surface area contributed by atoms with Crippen molar-refractivity contribution in [3.05, 3.63) is 6.42 Å². The SMILES string of the molecule is C[CH-]CCCCCC.O=P(O)(O)O.[Ni]. The number of rotatable bonds is 5. The van der Waals surface area contributed by atoms with Crippen molar-refractivity contribution in [3.8, 4) is 0 Å². The molecule has 4 nitrogen and oxygen atoms in total. The molecule has 0 atom stereocenters. The van der Waals surface area contributed by atoms with E-state index in [-0.39, 0.29) is 16.5 Å². The number of hydrogen-bond donors (Lipinski definition) is 3. The summed E-state index contributed by atoms with van der Waals surface area (Å²) in [5.41, 5.74) is 0. The molecule has 0 aliphatic heterocycles. The van der Waals surface area contributed by atoms with Crippen LogP contribution >= 0.6 is 7.82 Å². The minimum absolute atomic E-state index is 0. The topological polar surface area (TPSA) is 77.8 Å². The summed E-state index contributed by atoms with van der Waals surface area (Å²) in [6.45, 7) is 4.38. The summed E-state index contributed by atoms with van der Waals surface area (Å²) < 4.78 is 8.88. The zero-order valence-corrected chi connectivity index (χ0v) is 10.5. The van der Waals surface area contributed by atoms with Crippen LogP contribution in [0.25, 0.3) is 0 Å². The summed E-state index contributed by atoms with van der Waals surface area (Å²) in [6, 6.07) is 0. The molecule has 0 aliphatic rings. The molecule has 0 unspecified atom stereocenters. The van der Waals surface area contributed by atoms with Gasteiger partial charge in [-0.3, -0.25) is 0 Å². The smallest absolute Gasteiger partial charge is 0.332 e. The molecule has 0 bridgehead atoms. The van der Waals surface area contributed by atoms with Crippen LogP contribution in [0.4, 0.5) is 0 Å². The van der Waals surface area contributed by atoms with Gasteiger partial charge in [-0.25, -0.2) is 4.57 Å². The second-order valence-electron chi connectivity index (χ2n) is 2.77. The largest absolute Gasteiger partial charge is 0.466 e. The summed E-state index contributed by atoms with van der Waals surface area (Å²) in [5.74, 6) is 0. The molecule has 14 heavy (non-hydrogen) atoms. The van der Waals surface area contributed by atoms with Crippen LogP contribution in [0.5, 0.6) is 0 Å². The molecule has 0 saturated carbocycles. The number of unbranched alkanes of at least 4 members (excludes halogenated alkanes) is 5. The van der Waals surface area contributed by atoms with Crippen LogP contribution < -0.4 is 0 Å². The van der Waals surface area contributed by atoms with E-state index in [0.29, 0.717) is 0 Å². The van der Waals surface area contributed by atoms with E-state index >= 15 is 0 Å². The predicted octanol–water partition coefficient (Wildman–Crippen LogP) is 2.25. The van der Waals surface area contributed by atoms with Gasteiger partial charge in [0, 0.05) is 16.5 Å². The molecule has 0 heterocycles. The molecule has 0 aromatic rings. The van der Waals surface area contributed by atoms with Crippen LogP contribution in [0.2, 0.25) is 0 Å². The van der Waals surface area contributed by atoms with Crippen molar-refractivity contribution in [2.24, 2.45) is 0 Å². The normalized spacial score (nSPS) is 9.79. The first kappa shape index (κ1) is 20.1. The number of phosphoric acid groups is 1. The van der Waals surface area contributed by atoms with E-state index in [9.17, 15) is 0 Å². The average Bonchev–Trinajstić information content (AvgIpc) is 1.95. The van der Waals surface area contributed by atoms with E-state index in [0.717, 1.165) is 0 Å². The van der Waals surface area contributed by atoms with Gasteiger partial charge in [-0.15, -0.1) is 0 Å². The molecule has 0 aromatic heterocycles. The summed E-state index contributed by atoms with van der Waals surface area (Å²) >= 11 is 0. The Labute approximate surface area is 96.3 Å². The fraction of sp³-hybridized carbons (Fsp3) is 0.875. The first-order valence-electron chi connectivity index (χ1n) is 4.48. The van der Waals surface area contributed by atoms with Gasteiger partial charge in [-0.05, 0) is 0 Å². The third kappa shape index (κ3) is 54.0. The van der Waals surface area contributed by atoms with E-state index in [2.05, 4.69) is 20.3 Å². The van der Waals surface area contributed by atoms with Gasteiger partial charge in [0.25, 0.3) is 0 Å². The van der Waals surface area contributed by atoms with Gasteiger partial charge in [0.15, 0.2) is 0 Å². The van der Waals surface area contributed by atoms with E-state index < -0.39 is 7.82 Å². The molecule has 0 fully saturated rings. The molecule has 0 amide bonds. The van der Waals surface area contributed by atoms with E-state index in [4.69, 9.17) is 19.2 Å². The van der Waals surface area contributed by atoms with Gasteiger partial charge in [-0.1, -0.05) is 32.6 Å². The molecule has 0 radical (unpaired) electrons. The van der Waals surface area contributed by atoms with Crippen molar-refractivity contribution in [2.45, 2.75) is 46.0 Å². The minimum Gasteiger partial charge on any atom is -0.332 e. The Morgan fingerprint density at radius 2 is 1.57 bits per heavy atom. The van der Waals surface area contributed by atoms with Crippen molar-refractivity contribution in [1.82, 2.24) is 0 Å². The van der Waals surface area contributed by atoms with Crippen molar-refractivity contribution in [2.75, 3.05) is 0 Å². The third-order valence-electron chi connectivity index (χ3n) is 1.35. The molecule has 0 rings (SSSR count). The van der Waals surface area contributed by atoms with Crippen LogP contribution in [0, 0.1) is 6.42 Å². The average molecular weight is 270 g/mol. The summed E-state index contributed by atoms with van der Waals surface area (Å²) in [4.78, 5) is 21.6. The van der Waals surface area contributed by atoms with Crippen molar-refractivity contribution in [3.63, 3.8) is 0 Å². The second kappa shape index (κ2) is 13.6. The maximum atomic E-state index is 8.88. The Morgan fingerprint density at radius 1 is 1.14 bits per heavy atom. The second-order valence-corrected chi connectivity index (χ2v) is 3.80. The summed E-state index contributed by atoms with van der Waals surface area (Å²) in [7, 11) is -4.64. The maximum Gasteiger partial charge on any atom is 0.466 e. The predicted molar refractivity (Wildman–Crippen MR) is 53.0 cm³/mol. The fourth-order valence-electron chi connectivity index (χ4n) is 0.775. The first-order valence-corrected chi connectivity index (χ1v) is 6.04. The Balaban J connectivity index is -0.000000177. The van der Waals surface area contributed by atoms with E-state index in [1.807, 2.05) is 0 Å². The Morgan fingerprint density at radius 3 is 1.86 bits per heavy atom. The summed E-state index contributed by atoms with van der Waals surface area (Å²) in [6.07, 6.45) is 9.12. The molecule has 92 valence electrons. The molecular weight excluding hydrogens is 250 g/mol. The van der Waals surface area contributed by atoms with Crippen molar-refractivity contribution < 1.29 is 35.7 Å². The van der Waals surface area contributed by atoms with Gasteiger partial charge in [0.1, 0.15) is 0 Å². The van der Waals surface area contributed by atoms with Gasteiger partial charge in [0.05, 0.1) is 0 Å². The van der Waals surface area contributed by atoms with E-state index in [1.165, 1.54) is 32.1 Å². The van der Waals surface area contributed by atoms with Crippen molar-refractivity contribution >= 4 is 7.82 Å². The zero-order chi connectivity index (χ0) is 10.7.